The molecule has 0 amide bonds. The van der Waals surface area contributed by atoms with Crippen molar-refractivity contribution in [2.45, 2.75) is 43.0 Å². The van der Waals surface area contributed by atoms with Crippen LogP contribution in [0.3, 0.4) is 0 Å². The Morgan fingerprint density at radius 1 is 1.19 bits per heavy atom. The number of rotatable bonds is 4. The van der Waals surface area contributed by atoms with Crippen molar-refractivity contribution < 1.29 is 8.42 Å². The van der Waals surface area contributed by atoms with E-state index in [-0.39, 0.29) is 0 Å². The maximum atomic E-state index is 11.9. The Morgan fingerprint density at radius 3 is 2.76 bits per heavy atom. The van der Waals surface area contributed by atoms with E-state index in [1.807, 2.05) is 17.0 Å². The lowest BCUT2D eigenvalue weighted by atomic mass is 9.95. The molecule has 1 N–H and O–H groups in total. The minimum Gasteiger partial charge on any atom is -0.329 e. The highest BCUT2D eigenvalue weighted by Crippen LogP contribution is 2.28. The van der Waals surface area contributed by atoms with Crippen molar-refractivity contribution in [3.8, 4) is 0 Å². The summed E-state index contributed by atoms with van der Waals surface area (Å²) in [7, 11) is -3.51. The van der Waals surface area contributed by atoms with Crippen molar-refractivity contribution in [3.05, 3.63) is 24.3 Å². The van der Waals surface area contributed by atoms with Crippen molar-refractivity contribution in [1.82, 2.24) is 5.32 Å². The van der Waals surface area contributed by atoms with Gasteiger partial charge in [-0.25, -0.2) is 0 Å². The highest BCUT2D eigenvalue weighted by molar-refractivity contribution is 7.90. The Bertz CT molecular complexity index is 622. The van der Waals surface area contributed by atoms with Crippen LogP contribution in [0.15, 0.2) is 33.6 Å². The minimum atomic E-state index is -3.51. The molecule has 0 atom stereocenters. The van der Waals surface area contributed by atoms with Gasteiger partial charge < -0.3 is 10.2 Å². The van der Waals surface area contributed by atoms with Gasteiger partial charge in [-0.05, 0) is 25.0 Å². The molecule has 0 aromatic heterocycles. The number of sulfonamides is 1. The van der Waals surface area contributed by atoms with E-state index in [1.165, 1.54) is 38.4 Å². The van der Waals surface area contributed by atoms with Crippen LogP contribution in [0.1, 0.15) is 32.1 Å². The van der Waals surface area contributed by atoms with Crippen LogP contribution in [0.4, 0.5) is 5.69 Å². The fourth-order valence-electron chi connectivity index (χ4n) is 3.02. The van der Waals surface area contributed by atoms with Gasteiger partial charge in [0, 0.05) is 19.1 Å². The smallest absolute Gasteiger partial charge is 0.285 e. The zero-order chi connectivity index (χ0) is 14.7. The monoisotopic (exact) mass is 307 g/mol. The molecule has 0 unspecified atom stereocenters. The summed E-state index contributed by atoms with van der Waals surface area (Å²) >= 11 is 0. The van der Waals surface area contributed by atoms with Crippen LogP contribution in [0.25, 0.3) is 0 Å². The first-order valence-electron chi connectivity index (χ1n) is 7.56. The van der Waals surface area contributed by atoms with Gasteiger partial charge in [0.25, 0.3) is 10.0 Å². The number of nitrogens with one attached hydrogen (secondary N) is 1. The number of fused-ring (bicyclic) bond motifs is 1. The molecular weight excluding hydrogens is 286 g/mol. The van der Waals surface area contributed by atoms with Gasteiger partial charge in [0.15, 0.2) is 0 Å². The van der Waals surface area contributed by atoms with Gasteiger partial charge >= 0.3 is 0 Å². The third-order valence-corrected chi connectivity index (χ3v) is 5.44. The van der Waals surface area contributed by atoms with E-state index in [0.717, 1.165) is 18.8 Å². The fourth-order valence-corrected chi connectivity index (χ4v) is 4.08. The van der Waals surface area contributed by atoms with Gasteiger partial charge in [-0.2, -0.15) is 8.42 Å². The number of anilines is 1. The summed E-state index contributed by atoms with van der Waals surface area (Å²) in [5.74, 6) is 0. The molecule has 1 heterocycles. The van der Waals surface area contributed by atoms with Gasteiger partial charge in [0.05, 0.1) is 5.69 Å². The van der Waals surface area contributed by atoms with Crippen LogP contribution in [-0.2, 0) is 10.0 Å². The number of hydrogen-bond donors (Lipinski definition) is 1. The summed E-state index contributed by atoms with van der Waals surface area (Å²) in [6, 6.07) is 7.64. The Balaban J connectivity index is 1.64. The molecule has 2 aliphatic rings. The lowest BCUT2D eigenvalue weighted by Gasteiger charge is -2.27. The normalized spacial score (nSPS) is 21.2. The molecule has 6 heteroatoms. The summed E-state index contributed by atoms with van der Waals surface area (Å²) in [5.41, 5.74) is 0.720. The van der Waals surface area contributed by atoms with E-state index >= 15 is 0 Å². The summed E-state index contributed by atoms with van der Waals surface area (Å²) in [6.45, 7) is 1.57. The average Bonchev–Trinajstić information content (AvgIpc) is 2.51. The Kier molecular flexibility index (Phi) is 4.26. The van der Waals surface area contributed by atoms with Crippen molar-refractivity contribution in [1.29, 1.82) is 0 Å². The average molecular weight is 307 g/mol. The van der Waals surface area contributed by atoms with Crippen LogP contribution in [0.5, 0.6) is 0 Å². The number of benzene rings is 1. The highest BCUT2D eigenvalue weighted by atomic mass is 32.2. The third-order valence-electron chi connectivity index (χ3n) is 4.17. The Labute approximate surface area is 126 Å². The molecule has 114 valence electrons. The van der Waals surface area contributed by atoms with Crippen molar-refractivity contribution >= 4 is 22.0 Å². The first-order chi connectivity index (χ1) is 10.2. The predicted molar refractivity (Wildman–Crippen MR) is 84.3 cm³/mol. The molecule has 21 heavy (non-hydrogen) atoms. The molecule has 1 aliphatic carbocycles. The maximum Gasteiger partial charge on any atom is 0.285 e. The molecule has 0 radical (unpaired) electrons. The lowest BCUT2D eigenvalue weighted by molar-refractivity contribution is 0.377. The van der Waals surface area contributed by atoms with Gasteiger partial charge in [0.1, 0.15) is 11.2 Å². The second-order valence-corrected chi connectivity index (χ2v) is 7.25. The molecule has 1 aliphatic heterocycles. The molecule has 1 aromatic rings. The quantitative estimate of drug-likeness (QED) is 0.926. The molecular formula is C15H21N3O2S. The van der Waals surface area contributed by atoms with Crippen LogP contribution < -0.4 is 10.2 Å². The topological polar surface area (TPSA) is 61.8 Å². The lowest BCUT2D eigenvalue weighted by Crippen LogP contribution is -2.39. The van der Waals surface area contributed by atoms with Crippen LogP contribution in [-0.4, -0.2) is 33.9 Å². The summed E-state index contributed by atoms with van der Waals surface area (Å²) in [4.78, 5) is 2.21. The van der Waals surface area contributed by atoms with Gasteiger partial charge in [0.2, 0.25) is 0 Å². The van der Waals surface area contributed by atoms with E-state index in [2.05, 4.69) is 9.71 Å². The van der Waals surface area contributed by atoms with E-state index in [1.54, 1.807) is 12.1 Å². The maximum absolute atomic E-state index is 11.9. The van der Waals surface area contributed by atoms with E-state index in [0.29, 0.717) is 10.9 Å². The Morgan fingerprint density at radius 2 is 1.95 bits per heavy atom. The van der Waals surface area contributed by atoms with Gasteiger partial charge in [-0.15, -0.1) is 4.40 Å². The van der Waals surface area contributed by atoms with Crippen LogP contribution in [0.2, 0.25) is 0 Å². The molecule has 0 spiro atoms. The van der Waals surface area contributed by atoms with Crippen molar-refractivity contribution in [3.63, 3.8) is 0 Å². The predicted octanol–water partition coefficient (Wildman–Crippen LogP) is 2.15. The summed E-state index contributed by atoms with van der Waals surface area (Å²) in [6.07, 6.45) is 7.90. The minimum absolute atomic E-state index is 0.296. The van der Waals surface area contributed by atoms with E-state index in [9.17, 15) is 8.42 Å². The zero-order valence-corrected chi connectivity index (χ0v) is 12.8. The molecule has 3 rings (SSSR count). The third kappa shape index (κ3) is 3.27. The Hall–Kier alpha value is -1.40. The van der Waals surface area contributed by atoms with Gasteiger partial charge in [-0.1, -0.05) is 31.4 Å². The van der Waals surface area contributed by atoms with E-state index < -0.39 is 10.0 Å². The molecule has 5 nitrogen and oxygen atoms in total. The van der Waals surface area contributed by atoms with Crippen LogP contribution in [0, 0.1) is 0 Å². The second-order valence-electron chi connectivity index (χ2n) is 5.65. The molecule has 0 saturated heterocycles. The first kappa shape index (κ1) is 14.5. The highest BCUT2D eigenvalue weighted by Gasteiger charge is 2.24. The SMILES string of the molecule is O=S1(=O)N=CN(CCNC2CCCCC2)c2ccccc21. The zero-order valence-electron chi connectivity index (χ0n) is 12.0. The molecule has 1 saturated carbocycles. The number of hydrogen-bond acceptors (Lipinski definition) is 4. The van der Waals surface area contributed by atoms with Crippen LogP contribution >= 0.6 is 0 Å². The summed E-state index contributed by atoms with van der Waals surface area (Å²) < 4.78 is 27.5. The molecule has 1 aromatic carbocycles. The number of para-hydroxylation sites is 1. The van der Waals surface area contributed by atoms with Crippen molar-refractivity contribution in [2.75, 3.05) is 18.0 Å². The fraction of sp³-hybridized carbons (Fsp3) is 0.533. The standard InChI is InChI=1S/C15H21N3O2S/c19-21(20)15-9-5-4-8-14(15)18(12-17-21)11-10-16-13-6-2-1-3-7-13/h4-5,8-9,12-13,16H,1-3,6-7,10-11H2. The first-order valence-corrected chi connectivity index (χ1v) is 9.00. The summed E-state index contributed by atoms with van der Waals surface area (Å²) in [5, 5.41) is 3.57. The largest absolute Gasteiger partial charge is 0.329 e. The number of nitrogens with zero attached hydrogens (tertiary/aromatic N) is 2. The molecule has 0 bridgehead atoms. The second kappa shape index (κ2) is 6.15. The van der Waals surface area contributed by atoms with Gasteiger partial charge in [-0.3, -0.25) is 0 Å². The van der Waals surface area contributed by atoms with E-state index in [4.69, 9.17) is 0 Å². The van der Waals surface area contributed by atoms with Crippen molar-refractivity contribution in [2.24, 2.45) is 4.40 Å². The molecule has 1 fully saturated rings.